The normalized spacial score (nSPS) is 11.4. The Morgan fingerprint density at radius 2 is 0.729 bits per heavy atom. The topological polar surface area (TPSA) is 51.2 Å². The minimum absolute atomic E-state index is 0.101. The number of carbonyl (C=O) groups excluding carboxylic acids is 1. The highest BCUT2D eigenvalue weighted by molar-refractivity contribution is 7.99. The summed E-state index contributed by atoms with van der Waals surface area (Å²) in [6.45, 7) is 36.2. The van der Waals surface area contributed by atoms with Crippen LogP contribution in [0.5, 0.6) is 0 Å². The van der Waals surface area contributed by atoms with E-state index in [2.05, 4.69) is 199 Å². The van der Waals surface area contributed by atoms with E-state index >= 15 is 0 Å². The zero-order valence-electron chi connectivity index (χ0n) is 53.3. The van der Waals surface area contributed by atoms with Crippen molar-refractivity contribution in [1.82, 2.24) is 0 Å². The second-order valence-electron chi connectivity index (χ2n) is 20.8. The number of ketones is 1. The van der Waals surface area contributed by atoms with Gasteiger partial charge in [-0.2, -0.15) is 0 Å². The molecule has 0 aromatic heterocycles. The van der Waals surface area contributed by atoms with Crippen molar-refractivity contribution in [3.05, 3.63) is 254 Å². The van der Waals surface area contributed by atoms with E-state index in [0.717, 1.165) is 70.7 Å². The number of rotatable bonds is 13. The summed E-state index contributed by atoms with van der Waals surface area (Å²) in [4.78, 5) is 17.1. The molecule has 0 heterocycles. The molecule has 0 saturated heterocycles. The molecule has 9 rings (SSSR count). The lowest BCUT2D eigenvalue weighted by molar-refractivity contribution is 0.103. The minimum Gasteiger partial charge on any atom is -0.289 e. The van der Waals surface area contributed by atoms with Crippen LogP contribution in [0, 0.1) is 76.2 Å². The Morgan fingerprint density at radius 1 is 0.318 bits per heavy atom. The average Bonchev–Trinajstić information content (AvgIpc) is 3.00. The lowest BCUT2D eigenvalue weighted by atomic mass is 9.99. The molecule has 12 heteroatoms. The smallest absolute Gasteiger partial charge is 0.206 e. The predicted molar refractivity (Wildman–Crippen MR) is 398 cm³/mol. The molecule has 0 radical (unpaired) electrons. The van der Waals surface area contributed by atoms with E-state index < -0.39 is 9.84 Å². The van der Waals surface area contributed by atoms with Gasteiger partial charge in [0, 0.05) is 25.8 Å². The van der Waals surface area contributed by atoms with Gasteiger partial charge in [0.15, 0.2) is 5.78 Å². The molecule has 0 bridgehead atoms. The summed E-state index contributed by atoms with van der Waals surface area (Å²) in [5, 5.41) is 8.31. The van der Waals surface area contributed by atoms with E-state index in [0.29, 0.717) is 18.4 Å². The number of benzene rings is 9. The highest BCUT2D eigenvalue weighted by Crippen LogP contribution is 2.29. The fourth-order valence-corrected chi connectivity index (χ4v) is 15.1. The Morgan fingerprint density at radius 3 is 1.20 bits per heavy atom. The largest absolute Gasteiger partial charge is 0.289 e. The van der Waals surface area contributed by atoms with Crippen molar-refractivity contribution in [1.29, 1.82) is 0 Å². The molecule has 6 unspecified atom stereocenters. The van der Waals surface area contributed by atoms with Crippen LogP contribution < -0.4 is 31.8 Å². The second kappa shape index (κ2) is 37.7. The molecule has 0 N–H and O–H groups in total. The van der Waals surface area contributed by atoms with E-state index in [1.807, 2.05) is 105 Å². The van der Waals surface area contributed by atoms with Crippen LogP contribution in [0.15, 0.2) is 206 Å². The van der Waals surface area contributed by atoms with Crippen LogP contribution in [0.4, 0.5) is 0 Å². The lowest BCUT2D eigenvalue weighted by Crippen LogP contribution is -2.04. The molecular formula is C73H90O3P6S3. The number of hydrogen-bond donors (Lipinski definition) is 0. The molecule has 0 spiro atoms. The molecular weight excluding hydrogens is 1210 g/mol. The van der Waals surface area contributed by atoms with E-state index in [4.69, 9.17) is 0 Å². The summed E-state index contributed by atoms with van der Waals surface area (Å²) in [7, 11) is 1.69. The summed E-state index contributed by atoms with van der Waals surface area (Å²) in [6.07, 6.45) is 2.12. The monoisotopic (exact) mass is 1300 g/mol. The summed E-state index contributed by atoms with van der Waals surface area (Å²) in [6, 6.07) is 61.8. The van der Waals surface area contributed by atoms with Gasteiger partial charge in [-0.1, -0.05) is 195 Å². The van der Waals surface area contributed by atoms with Gasteiger partial charge in [0.05, 0.1) is 9.79 Å². The van der Waals surface area contributed by atoms with E-state index in [9.17, 15) is 13.2 Å². The number of hydrogen-bond acceptors (Lipinski definition) is 5. The molecule has 6 atom stereocenters. The van der Waals surface area contributed by atoms with Crippen LogP contribution in [0.1, 0.15) is 77.1 Å². The highest BCUT2D eigenvalue weighted by Gasteiger charge is 2.18. The number of sulfone groups is 1. The molecule has 0 aliphatic carbocycles. The first-order chi connectivity index (χ1) is 40.5. The van der Waals surface area contributed by atoms with Gasteiger partial charge in [0.25, 0.3) is 0 Å². The van der Waals surface area contributed by atoms with Crippen molar-refractivity contribution in [2.75, 3.05) is 46.2 Å². The Bertz CT molecular complexity index is 3630. The zero-order valence-corrected chi connectivity index (χ0v) is 61.7. The third-order valence-electron chi connectivity index (χ3n) is 14.1. The van der Waals surface area contributed by atoms with Gasteiger partial charge in [0.1, 0.15) is 0 Å². The predicted octanol–water partition coefficient (Wildman–Crippen LogP) is 18.1. The van der Waals surface area contributed by atoms with Crippen molar-refractivity contribution in [2.24, 2.45) is 0 Å². The Kier molecular flexibility index (Phi) is 32.5. The maximum absolute atomic E-state index is 12.5. The fourth-order valence-electron chi connectivity index (χ4n) is 8.39. The molecule has 0 fully saturated rings. The number of thioether (sulfide) groups is 1. The molecule has 9 aromatic rings. The van der Waals surface area contributed by atoms with Gasteiger partial charge >= 0.3 is 0 Å². The van der Waals surface area contributed by atoms with Gasteiger partial charge in [-0.25, -0.2) is 8.42 Å². The van der Waals surface area contributed by atoms with Crippen molar-refractivity contribution in [3.8, 4) is 0 Å². The van der Waals surface area contributed by atoms with Crippen molar-refractivity contribution >= 4 is 122 Å². The van der Waals surface area contributed by atoms with Gasteiger partial charge in [0.2, 0.25) is 9.84 Å². The van der Waals surface area contributed by atoms with Gasteiger partial charge in [-0.15, -0.1) is 11.8 Å². The van der Waals surface area contributed by atoms with Gasteiger partial charge in [-0.05, 0) is 265 Å². The summed E-state index contributed by atoms with van der Waals surface area (Å²) < 4.78 is 25.0. The third-order valence-corrected chi connectivity index (χ3v) is 23.1. The van der Waals surface area contributed by atoms with E-state index in [1.165, 1.54) is 91.0 Å². The Balaban J connectivity index is 0.000000223. The van der Waals surface area contributed by atoms with E-state index in [-0.39, 0.29) is 5.78 Å². The first-order valence-electron chi connectivity index (χ1n) is 28.3. The number of aryl methyl sites for hydroxylation is 11. The van der Waals surface area contributed by atoms with Crippen LogP contribution in [0.2, 0.25) is 0 Å². The first-order valence-corrected chi connectivity index (χ1v) is 40.9. The van der Waals surface area contributed by atoms with Crippen LogP contribution in [-0.2, 0) is 9.84 Å². The standard InChI is InChI=1S/C16H17OP.C15H17O2PS.C15H17PS.C9H13PS.2C9H13P/c1-11-4-5-14(10-12(11)2)16(17)13-6-8-15(18-3)9-7-13;1-11-4-7-15(10-12(11)2)19(16,17)14-8-5-13(18-3)6-9-14;1-11-4-7-15(10-12(11)2)17-14-8-5-13(16-3)6-9-14;1-7-4-8(10-2)6-9(5-7)11-3;1-7-4-8(2)6-9(5-7)10-3;1-7-4-5-8(2)9(6-7)10-3/h4-10,18H,1-3H3;4-10,18H,1-3H3;4-10,16H,1-3H3;4-6,10H,1-3H3;2*4-6,10H,1-3H3. The number of carbonyl (C=O) groups is 1. The van der Waals surface area contributed by atoms with Crippen molar-refractivity contribution in [2.45, 2.75) is 101 Å². The fraction of sp³-hybridized carbons (Fsp3) is 0.247. The van der Waals surface area contributed by atoms with Gasteiger partial charge in [-0.3, -0.25) is 4.79 Å². The van der Waals surface area contributed by atoms with Crippen LogP contribution >= 0.6 is 75.0 Å². The molecule has 0 aliphatic heterocycles. The lowest BCUT2D eigenvalue weighted by Gasteiger charge is -2.08. The Labute approximate surface area is 532 Å². The SMILES string of the molecule is CPc1cc(C)cc(C)c1.CPc1cc(C)cc(SC)c1.CPc1cc(C)ccc1C.CPc1ccc(C(=O)c2ccc(C)c(C)c2)cc1.CPc1ccc(S(=O)(=O)c2ccc(C)c(C)c2)cc1.CPc1ccc(Sc2ccc(C)c(C)c2)cc1. The molecule has 9 aromatic carbocycles. The zero-order chi connectivity index (χ0) is 62.8. The second-order valence-corrected chi connectivity index (χ2v) is 31.2. The van der Waals surface area contributed by atoms with Crippen LogP contribution in [0.25, 0.3) is 0 Å². The molecule has 85 heavy (non-hydrogen) atoms. The van der Waals surface area contributed by atoms with Crippen molar-refractivity contribution < 1.29 is 13.2 Å². The maximum Gasteiger partial charge on any atom is 0.206 e. The Hall–Kier alpha value is -4.12. The highest BCUT2D eigenvalue weighted by atomic mass is 32.2. The van der Waals surface area contributed by atoms with Gasteiger partial charge < -0.3 is 0 Å². The van der Waals surface area contributed by atoms with Crippen LogP contribution in [-0.4, -0.2) is 60.4 Å². The van der Waals surface area contributed by atoms with Crippen molar-refractivity contribution in [3.63, 3.8) is 0 Å². The summed E-state index contributed by atoms with van der Waals surface area (Å²) in [5.74, 6) is 0.101. The average molecular weight is 1300 g/mol. The minimum atomic E-state index is -3.40. The molecule has 0 amide bonds. The molecule has 448 valence electrons. The van der Waals surface area contributed by atoms with Crippen LogP contribution in [0.3, 0.4) is 0 Å². The van der Waals surface area contributed by atoms with E-state index in [1.54, 1.807) is 24.3 Å². The maximum atomic E-state index is 12.5. The molecule has 0 saturated carbocycles. The summed E-state index contributed by atoms with van der Waals surface area (Å²) in [5.41, 5.74) is 15.6. The first kappa shape index (κ1) is 73.4. The molecule has 0 aliphatic rings. The quantitative estimate of drug-likeness (QED) is 0.0654. The summed E-state index contributed by atoms with van der Waals surface area (Å²) >= 11 is 3.65. The third kappa shape index (κ3) is 24.8. The molecule has 3 nitrogen and oxygen atoms in total.